The maximum Gasteiger partial charge on any atom is 0.140 e. The second-order valence-corrected chi connectivity index (χ2v) is 5.76. The Labute approximate surface area is 118 Å². The van der Waals surface area contributed by atoms with Crippen molar-refractivity contribution in [2.24, 2.45) is 5.73 Å². The number of hydrogen-bond donors (Lipinski definition) is 1. The molecule has 3 nitrogen and oxygen atoms in total. The van der Waals surface area contributed by atoms with Gasteiger partial charge in [0.15, 0.2) is 0 Å². The van der Waals surface area contributed by atoms with E-state index in [-0.39, 0.29) is 0 Å². The Morgan fingerprint density at radius 3 is 2.74 bits per heavy atom. The summed E-state index contributed by atoms with van der Waals surface area (Å²) in [5, 5.41) is 0.998. The molecular weight excluding hydrogens is 256 g/mol. The molecule has 0 aliphatic heterocycles. The van der Waals surface area contributed by atoms with E-state index >= 15 is 0 Å². The molecule has 102 valence electrons. The van der Waals surface area contributed by atoms with Crippen molar-refractivity contribution in [3.05, 3.63) is 44.9 Å². The van der Waals surface area contributed by atoms with Gasteiger partial charge in [-0.15, -0.1) is 11.3 Å². The number of ether oxygens (including phenoxy) is 1. The van der Waals surface area contributed by atoms with Crippen molar-refractivity contribution in [2.75, 3.05) is 0 Å². The minimum Gasteiger partial charge on any atom is -0.486 e. The summed E-state index contributed by atoms with van der Waals surface area (Å²) in [4.78, 5) is 5.75. The van der Waals surface area contributed by atoms with Crippen molar-refractivity contribution >= 4 is 11.3 Å². The van der Waals surface area contributed by atoms with E-state index in [9.17, 15) is 0 Å². The maximum atomic E-state index is 5.87. The Morgan fingerprint density at radius 1 is 1.32 bits per heavy atom. The molecule has 1 heterocycles. The summed E-state index contributed by atoms with van der Waals surface area (Å²) in [6.07, 6.45) is 0.923. The lowest BCUT2D eigenvalue weighted by molar-refractivity contribution is 0.303. The van der Waals surface area contributed by atoms with Crippen LogP contribution in [0.5, 0.6) is 5.75 Å². The van der Waals surface area contributed by atoms with Crippen LogP contribution in [0.15, 0.2) is 18.2 Å². The average Bonchev–Trinajstić information content (AvgIpc) is 2.82. The van der Waals surface area contributed by atoms with E-state index in [4.69, 9.17) is 10.5 Å². The number of thiazole rings is 1. The van der Waals surface area contributed by atoms with Crippen LogP contribution in [0.1, 0.15) is 33.6 Å². The average molecular weight is 276 g/mol. The molecule has 1 aromatic heterocycles. The van der Waals surface area contributed by atoms with E-state index in [1.165, 1.54) is 10.4 Å². The lowest BCUT2D eigenvalue weighted by Crippen LogP contribution is -1.98. The molecular formula is C15H20N2OS. The van der Waals surface area contributed by atoms with Gasteiger partial charge in [-0.05, 0) is 37.5 Å². The lowest BCUT2D eigenvalue weighted by atomic mass is 10.1. The first kappa shape index (κ1) is 14.0. The molecule has 0 aliphatic rings. The summed E-state index contributed by atoms with van der Waals surface area (Å²) < 4.78 is 5.87. The highest BCUT2D eigenvalue weighted by atomic mass is 32.1. The molecule has 0 fully saturated rings. The van der Waals surface area contributed by atoms with E-state index in [1.807, 2.05) is 0 Å². The summed E-state index contributed by atoms with van der Waals surface area (Å²) >= 11 is 1.65. The van der Waals surface area contributed by atoms with Crippen molar-refractivity contribution in [3.8, 4) is 5.75 Å². The predicted octanol–water partition coefficient (Wildman–Crippen LogP) is 3.36. The number of nitrogens with two attached hydrogens (primary N) is 1. The zero-order valence-corrected chi connectivity index (χ0v) is 12.5. The van der Waals surface area contributed by atoms with Gasteiger partial charge >= 0.3 is 0 Å². The van der Waals surface area contributed by atoms with Gasteiger partial charge in [-0.25, -0.2) is 4.98 Å². The third-order valence-corrected chi connectivity index (χ3v) is 4.13. The third-order valence-electron chi connectivity index (χ3n) is 3.04. The number of nitrogens with zero attached hydrogens (tertiary/aromatic N) is 1. The fraction of sp³-hybridized carbons (Fsp3) is 0.400. The van der Waals surface area contributed by atoms with E-state index in [2.05, 4.69) is 44.0 Å². The first-order valence-electron chi connectivity index (χ1n) is 6.51. The molecule has 0 aliphatic carbocycles. The second-order valence-electron chi connectivity index (χ2n) is 4.59. The van der Waals surface area contributed by atoms with Crippen LogP contribution in [0.2, 0.25) is 0 Å². The molecule has 0 saturated carbocycles. The van der Waals surface area contributed by atoms with Crippen LogP contribution in [-0.2, 0) is 19.6 Å². The third kappa shape index (κ3) is 3.33. The number of rotatable bonds is 5. The lowest BCUT2D eigenvalue weighted by Gasteiger charge is -2.08. The van der Waals surface area contributed by atoms with Gasteiger partial charge in [-0.3, -0.25) is 0 Å². The zero-order valence-electron chi connectivity index (χ0n) is 11.7. The summed E-state index contributed by atoms with van der Waals surface area (Å²) in [7, 11) is 0. The van der Waals surface area contributed by atoms with Gasteiger partial charge in [0.1, 0.15) is 17.4 Å². The summed E-state index contributed by atoms with van der Waals surface area (Å²) in [6.45, 7) is 7.30. The zero-order chi connectivity index (χ0) is 13.8. The van der Waals surface area contributed by atoms with Gasteiger partial charge < -0.3 is 10.5 Å². The summed E-state index contributed by atoms with van der Waals surface area (Å²) in [6, 6.07) is 6.23. The van der Waals surface area contributed by atoms with Gasteiger partial charge in [0.05, 0.1) is 5.69 Å². The normalized spacial score (nSPS) is 10.7. The molecule has 0 atom stereocenters. The van der Waals surface area contributed by atoms with Crippen molar-refractivity contribution < 1.29 is 4.74 Å². The number of benzene rings is 1. The SMILES string of the molecule is CCc1nc(COc2cc(C)ccc2C)sc1CN. The molecule has 0 spiro atoms. The van der Waals surface area contributed by atoms with E-state index in [1.54, 1.807) is 11.3 Å². The van der Waals surface area contributed by atoms with Crippen LogP contribution in [-0.4, -0.2) is 4.98 Å². The van der Waals surface area contributed by atoms with Gasteiger partial charge in [0.25, 0.3) is 0 Å². The van der Waals surface area contributed by atoms with Gasteiger partial charge in [-0.1, -0.05) is 19.1 Å². The molecule has 2 N–H and O–H groups in total. The second kappa shape index (κ2) is 6.17. The Morgan fingerprint density at radius 2 is 2.11 bits per heavy atom. The van der Waals surface area contributed by atoms with Crippen molar-refractivity contribution in [3.63, 3.8) is 0 Å². The Balaban J connectivity index is 2.10. The van der Waals surface area contributed by atoms with E-state index < -0.39 is 0 Å². The Bertz CT molecular complexity index is 542. The van der Waals surface area contributed by atoms with Crippen molar-refractivity contribution in [2.45, 2.75) is 40.3 Å². The highest BCUT2D eigenvalue weighted by Gasteiger charge is 2.09. The molecule has 0 saturated heterocycles. The first-order valence-corrected chi connectivity index (χ1v) is 7.33. The van der Waals surface area contributed by atoms with Gasteiger partial charge in [0.2, 0.25) is 0 Å². The van der Waals surface area contributed by atoms with Crippen LogP contribution >= 0.6 is 11.3 Å². The molecule has 0 bridgehead atoms. The minimum atomic E-state index is 0.516. The molecule has 0 amide bonds. The van der Waals surface area contributed by atoms with Crippen molar-refractivity contribution in [1.29, 1.82) is 0 Å². The van der Waals surface area contributed by atoms with Crippen LogP contribution in [0.3, 0.4) is 0 Å². The molecule has 2 rings (SSSR count). The largest absolute Gasteiger partial charge is 0.486 e. The fourth-order valence-corrected chi connectivity index (χ4v) is 2.89. The molecule has 19 heavy (non-hydrogen) atoms. The van der Waals surface area contributed by atoms with Crippen LogP contribution in [0.25, 0.3) is 0 Å². The fourth-order valence-electron chi connectivity index (χ4n) is 1.94. The maximum absolute atomic E-state index is 5.87. The highest BCUT2D eigenvalue weighted by Crippen LogP contribution is 2.23. The first-order chi connectivity index (χ1) is 9.13. The topological polar surface area (TPSA) is 48.1 Å². The molecule has 4 heteroatoms. The van der Waals surface area contributed by atoms with E-state index in [0.29, 0.717) is 13.2 Å². The highest BCUT2D eigenvalue weighted by molar-refractivity contribution is 7.11. The minimum absolute atomic E-state index is 0.516. The number of aryl methyl sites for hydroxylation is 3. The Hall–Kier alpha value is -1.39. The molecule has 2 aromatic rings. The molecule has 0 radical (unpaired) electrons. The van der Waals surface area contributed by atoms with Crippen molar-refractivity contribution in [1.82, 2.24) is 4.98 Å². The Kier molecular flexibility index (Phi) is 4.56. The standard InChI is InChI=1S/C15H20N2OS/c1-4-12-14(8-16)19-15(17-12)9-18-13-7-10(2)5-6-11(13)3/h5-7H,4,8-9,16H2,1-3H3. The number of hydrogen-bond acceptors (Lipinski definition) is 4. The van der Waals surface area contributed by atoms with E-state index in [0.717, 1.165) is 28.4 Å². The van der Waals surface area contributed by atoms with Crippen LogP contribution in [0.4, 0.5) is 0 Å². The van der Waals surface area contributed by atoms with Gasteiger partial charge in [-0.2, -0.15) is 0 Å². The predicted molar refractivity (Wildman–Crippen MR) is 79.6 cm³/mol. The monoisotopic (exact) mass is 276 g/mol. The van der Waals surface area contributed by atoms with Gasteiger partial charge in [0, 0.05) is 11.4 Å². The smallest absolute Gasteiger partial charge is 0.140 e. The summed E-state index contributed by atoms with van der Waals surface area (Å²) in [5.41, 5.74) is 9.18. The molecule has 0 unspecified atom stereocenters. The van der Waals surface area contributed by atoms with Crippen LogP contribution in [0, 0.1) is 13.8 Å². The quantitative estimate of drug-likeness (QED) is 0.911. The summed E-state index contributed by atoms with van der Waals surface area (Å²) in [5.74, 6) is 0.933. The molecule has 1 aromatic carbocycles. The number of aromatic nitrogens is 1. The van der Waals surface area contributed by atoms with Crippen LogP contribution < -0.4 is 10.5 Å².